The highest BCUT2D eigenvalue weighted by molar-refractivity contribution is 5.78. The summed E-state index contributed by atoms with van der Waals surface area (Å²) in [6, 6.07) is 14.4. The third kappa shape index (κ3) is 4.08. The van der Waals surface area contributed by atoms with E-state index in [0.717, 1.165) is 11.3 Å². The number of carbonyl (C=O) groups excluding carboxylic acids is 1. The highest BCUT2D eigenvalue weighted by Crippen LogP contribution is 2.13. The SMILES string of the molecule is COc1ccc(CN(C)C(=O)CCn2c(=O)[nH]c(=O)c3ccccc32)cc1. The first kappa shape index (κ1) is 18.4. The maximum Gasteiger partial charge on any atom is 0.328 e. The Labute approximate surface area is 155 Å². The Bertz CT molecular complexity index is 1070. The molecule has 1 aromatic heterocycles. The van der Waals surface area contributed by atoms with Gasteiger partial charge in [-0.05, 0) is 29.8 Å². The highest BCUT2D eigenvalue weighted by Gasteiger charge is 2.12. The second-order valence-electron chi connectivity index (χ2n) is 6.28. The molecule has 1 amide bonds. The molecule has 0 spiro atoms. The molecule has 7 nitrogen and oxygen atoms in total. The molecular formula is C20H21N3O4. The van der Waals surface area contributed by atoms with Crippen molar-refractivity contribution in [3.8, 4) is 5.75 Å². The third-order valence-corrected chi connectivity index (χ3v) is 4.46. The molecule has 0 saturated heterocycles. The summed E-state index contributed by atoms with van der Waals surface area (Å²) in [4.78, 5) is 40.4. The zero-order valence-corrected chi connectivity index (χ0v) is 15.3. The number of aromatic amines is 1. The van der Waals surface area contributed by atoms with Gasteiger partial charge in [0.1, 0.15) is 5.75 Å². The quantitative estimate of drug-likeness (QED) is 0.719. The molecule has 0 radical (unpaired) electrons. The van der Waals surface area contributed by atoms with Crippen molar-refractivity contribution in [2.24, 2.45) is 0 Å². The van der Waals surface area contributed by atoms with Crippen molar-refractivity contribution in [3.05, 3.63) is 74.9 Å². The number of aromatic nitrogens is 2. The molecule has 0 saturated carbocycles. The van der Waals surface area contributed by atoms with Gasteiger partial charge in [0.05, 0.1) is 18.0 Å². The molecule has 0 aliphatic carbocycles. The van der Waals surface area contributed by atoms with E-state index in [2.05, 4.69) is 4.98 Å². The Kier molecular flexibility index (Phi) is 5.40. The molecule has 0 unspecified atom stereocenters. The zero-order chi connectivity index (χ0) is 19.4. The van der Waals surface area contributed by atoms with Crippen molar-refractivity contribution >= 4 is 16.8 Å². The maximum absolute atomic E-state index is 12.5. The van der Waals surface area contributed by atoms with E-state index in [0.29, 0.717) is 17.4 Å². The van der Waals surface area contributed by atoms with Gasteiger partial charge in [-0.15, -0.1) is 0 Å². The van der Waals surface area contributed by atoms with Crippen LogP contribution in [0.25, 0.3) is 10.9 Å². The van der Waals surface area contributed by atoms with Gasteiger partial charge in [-0.2, -0.15) is 0 Å². The molecule has 1 N–H and O–H groups in total. The smallest absolute Gasteiger partial charge is 0.328 e. The van der Waals surface area contributed by atoms with Crippen LogP contribution in [0.4, 0.5) is 0 Å². The number of ether oxygens (including phenoxy) is 1. The number of nitrogens with one attached hydrogen (secondary N) is 1. The first-order valence-electron chi connectivity index (χ1n) is 8.58. The van der Waals surface area contributed by atoms with Crippen LogP contribution in [0.2, 0.25) is 0 Å². The standard InChI is InChI=1S/C20H21N3O4/c1-22(13-14-7-9-15(27-2)10-8-14)18(24)11-12-23-17-6-4-3-5-16(17)19(25)21-20(23)26/h3-10H,11-13H2,1-2H3,(H,21,25,26). The molecule has 0 atom stereocenters. The predicted molar refractivity (Wildman–Crippen MR) is 103 cm³/mol. The average Bonchev–Trinajstić information content (AvgIpc) is 2.68. The monoisotopic (exact) mass is 367 g/mol. The summed E-state index contributed by atoms with van der Waals surface area (Å²) in [7, 11) is 3.33. The number of methoxy groups -OCH3 is 1. The molecular weight excluding hydrogens is 346 g/mol. The lowest BCUT2D eigenvalue weighted by Gasteiger charge is -2.18. The minimum Gasteiger partial charge on any atom is -0.497 e. The number of benzene rings is 2. The Morgan fingerprint density at radius 1 is 1.11 bits per heavy atom. The fourth-order valence-electron chi connectivity index (χ4n) is 2.96. The lowest BCUT2D eigenvalue weighted by molar-refractivity contribution is -0.130. The normalized spacial score (nSPS) is 10.7. The number of carbonyl (C=O) groups is 1. The van der Waals surface area contributed by atoms with E-state index >= 15 is 0 Å². The van der Waals surface area contributed by atoms with Crippen LogP contribution >= 0.6 is 0 Å². The van der Waals surface area contributed by atoms with Gasteiger partial charge in [0.2, 0.25) is 5.91 Å². The molecule has 0 aliphatic heterocycles. The predicted octanol–water partition coefficient (Wildman–Crippen LogP) is 1.75. The van der Waals surface area contributed by atoms with Crippen LogP contribution in [0.5, 0.6) is 5.75 Å². The van der Waals surface area contributed by atoms with Gasteiger partial charge in [-0.1, -0.05) is 24.3 Å². The van der Waals surface area contributed by atoms with Gasteiger partial charge in [0.15, 0.2) is 0 Å². The Hall–Kier alpha value is -3.35. The number of hydrogen-bond donors (Lipinski definition) is 1. The van der Waals surface area contributed by atoms with Gasteiger partial charge >= 0.3 is 5.69 Å². The molecule has 3 rings (SSSR count). The summed E-state index contributed by atoms with van der Waals surface area (Å²) in [5.41, 5.74) is 0.578. The van der Waals surface area contributed by atoms with E-state index in [4.69, 9.17) is 4.74 Å². The van der Waals surface area contributed by atoms with Crippen LogP contribution in [0.15, 0.2) is 58.1 Å². The van der Waals surface area contributed by atoms with Gasteiger partial charge in [0, 0.05) is 26.6 Å². The number of fused-ring (bicyclic) bond motifs is 1. The Balaban J connectivity index is 1.71. The zero-order valence-electron chi connectivity index (χ0n) is 15.3. The van der Waals surface area contributed by atoms with Crippen LogP contribution in [-0.4, -0.2) is 34.5 Å². The topological polar surface area (TPSA) is 84.4 Å². The molecule has 3 aromatic rings. The number of rotatable bonds is 6. The lowest BCUT2D eigenvalue weighted by atomic mass is 10.2. The summed E-state index contributed by atoms with van der Waals surface area (Å²) in [6.07, 6.45) is 0.155. The summed E-state index contributed by atoms with van der Waals surface area (Å²) in [5, 5.41) is 0.427. The van der Waals surface area contributed by atoms with E-state index < -0.39 is 11.2 Å². The summed E-state index contributed by atoms with van der Waals surface area (Å²) in [5.74, 6) is 0.671. The summed E-state index contributed by atoms with van der Waals surface area (Å²) < 4.78 is 6.55. The van der Waals surface area contributed by atoms with Crippen LogP contribution in [0, 0.1) is 0 Å². The van der Waals surface area contributed by atoms with Crippen molar-refractivity contribution in [2.45, 2.75) is 19.5 Å². The summed E-state index contributed by atoms with van der Waals surface area (Å²) >= 11 is 0. The molecule has 1 heterocycles. The van der Waals surface area contributed by atoms with E-state index in [1.807, 2.05) is 24.3 Å². The lowest BCUT2D eigenvalue weighted by Crippen LogP contribution is -2.33. The second kappa shape index (κ2) is 7.90. The average molecular weight is 367 g/mol. The number of hydrogen-bond acceptors (Lipinski definition) is 4. The van der Waals surface area contributed by atoms with Crippen molar-refractivity contribution in [3.63, 3.8) is 0 Å². The number of amides is 1. The van der Waals surface area contributed by atoms with Gasteiger partial charge in [-0.3, -0.25) is 19.1 Å². The van der Waals surface area contributed by atoms with Crippen molar-refractivity contribution < 1.29 is 9.53 Å². The fourth-order valence-corrected chi connectivity index (χ4v) is 2.96. The van der Waals surface area contributed by atoms with Gasteiger partial charge < -0.3 is 9.64 Å². The van der Waals surface area contributed by atoms with Crippen LogP contribution < -0.4 is 16.0 Å². The molecule has 0 bridgehead atoms. The minimum absolute atomic E-state index is 0.0898. The van der Waals surface area contributed by atoms with E-state index in [1.54, 1.807) is 43.3 Å². The number of para-hydroxylation sites is 1. The van der Waals surface area contributed by atoms with E-state index in [9.17, 15) is 14.4 Å². The number of aryl methyl sites for hydroxylation is 1. The second-order valence-corrected chi connectivity index (χ2v) is 6.28. The van der Waals surface area contributed by atoms with Gasteiger partial charge in [0.25, 0.3) is 5.56 Å². The van der Waals surface area contributed by atoms with Crippen LogP contribution in [0.1, 0.15) is 12.0 Å². The molecule has 140 valence electrons. The van der Waals surface area contributed by atoms with Gasteiger partial charge in [-0.25, -0.2) is 4.79 Å². The minimum atomic E-state index is -0.510. The summed E-state index contributed by atoms with van der Waals surface area (Å²) in [6.45, 7) is 0.659. The molecule has 0 aliphatic rings. The molecule has 0 fully saturated rings. The van der Waals surface area contributed by atoms with Crippen LogP contribution in [0.3, 0.4) is 0 Å². The largest absolute Gasteiger partial charge is 0.497 e. The number of H-pyrrole nitrogens is 1. The number of nitrogens with zero attached hydrogens (tertiary/aromatic N) is 2. The van der Waals surface area contributed by atoms with Crippen molar-refractivity contribution in [1.82, 2.24) is 14.5 Å². The first-order valence-corrected chi connectivity index (χ1v) is 8.58. The Morgan fingerprint density at radius 3 is 2.52 bits per heavy atom. The molecule has 2 aromatic carbocycles. The molecule has 27 heavy (non-hydrogen) atoms. The molecule has 7 heteroatoms. The maximum atomic E-state index is 12.5. The van der Waals surface area contributed by atoms with Crippen molar-refractivity contribution in [2.75, 3.05) is 14.2 Å². The Morgan fingerprint density at radius 2 is 1.81 bits per heavy atom. The third-order valence-electron chi connectivity index (χ3n) is 4.46. The van der Waals surface area contributed by atoms with E-state index in [1.165, 1.54) is 4.57 Å². The van der Waals surface area contributed by atoms with E-state index in [-0.39, 0.29) is 18.9 Å². The van der Waals surface area contributed by atoms with Crippen LogP contribution in [-0.2, 0) is 17.9 Å². The van der Waals surface area contributed by atoms with Crippen molar-refractivity contribution in [1.29, 1.82) is 0 Å². The fraction of sp³-hybridized carbons (Fsp3) is 0.250. The highest BCUT2D eigenvalue weighted by atomic mass is 16.5. The first-order chi connectivity index (χ1) is 13.0.